The average Bonchev–Trinajstić information content (AvgIpc) is 3.28. The van der Waals surface area contributed by atoms with Crippen molar-refractivity contribution in [2.45, 2.75) is 43.0 Å². The molecule has 2 heterocycles. The van der Waals surface area contributed by atoms with Crippen LogP contribution in [0.25, 0.3) is 0 Å². The van der Waals surface area contributed by atoms with E-state index in [9.17, 15) is 18.0 Å². The Bertz CT molecular complexity index is 1600. The second kappa shape index (κ2) is 10.1. The molecule has 0 N–H and O–H groups in total. The Labute approximate surface area is 234 Å². The maximum atomic E-state index is 14.6. The summed E-state index contributed by atoms with van der Waals surface area (Å²) in [4.78, 5) is 28.7. The van der Waals surface area contributed by atoms with E-state index in [2.05, 4.69) is 6.58 Å². The molecular weight excluding hydrogens is 528 g/mol. The molecule has 2 aliphatic rings. The van der Waals surface area contributed by atoms with Crippen molar-refractivity contribution in [1.29, 1.82) is 0 Å². The van der Waals surface area contributed by atoms with E-state index in [4.69, 9.17) is 9.47 Å². The molecule has 0 aliphatic carbocycles. The molecule has 0 bridgehead atoms. The third kappa shape index (κ3) is 3.99. The van der Waals surface area contributed by atoms with Crippen molar-refractivity contribution in [2.75, 3.05) is 29.5 Å². The van der Waals surface area contributed by atoms with Crippen LogP contribution in [0.4, 0.5) is 11.4 Å². The monoisotopic (exact) mass is 560 g/mol. The minimum Gasteiger partial charge on any atom is -0.497 e. The largest absolute Gasteiger partial charge is 0.497 e. The van der Waals surface area contributed by atoms with Crippen LogP contribution in [0, 0.1) is 6.92 Å². The molecule has 8 nitrogen and oxygen atoms in total. The number of para-hydroxylation sites is 1. The number of aryl methyl sites for hydroxylation is 1. The number of carbonyl (C=O) groups is 2. The van der Waals surface area contributed by atoms with Crippen LogP contribution < -0.4 is 13.9 Å². The van der Waals surface area contributed by atoms with E-state index in [1.807, 2.05) is 31.2 Å². The van der Waals surface area contributed by atoms with E-state index in [1.54, 1.807) is 48.2 Å². The topological polar surface area (TPSA) is 93.2 Å². The Morgan fingerprint density at radius 3 is 2.40 bits per heavy atom. The first-order valence-electron chi connectivity index (χ1n) is 13.1. The second-order valence-corrected chi connectivity index (χ2v) is 11.9. The second-order valence-electron chi connectivity index (χ2n) is 10.1. The molecule has 9 heteroatoms. The molecule has 3 unspecified atom stereocenters. The van der Waals surface area contributed by atoms with Gasteiger partial charge < -0.3 is 14.4 Å². The summed E-state index contributed by atoms with van der Waals surface area (Å²) < 4.78 is 41.5. The summed E-state index contributed by atoms with van der Waals surface area (Å²) in [6.45, 7) is 9.25. The molecule has 3 aromatic rings. The number of esters is 1. The van der Waals surface area contributed by atoms with E-state index in [0.717, 1.165) is 5.56 Å². The number of hydrogen-bond acceptors (Lipinski definition) is 6. The highest BCUT2D eigenvalue weighted by atomic mass is 32.2. The van der Waals surface area contributed by atoms with Gasteiger partial charge in [-0.3, -0.25) is 9.10 Å². The zero-order valence-electron chi connectivity index (χ0n) is 23.0. The molecule has 0 saturated carbocycles. The Hall–Kier alpha value is -4.11. The molecule has 208 valence electrons. The van der Waals surface area contributed by atoms with Crippen LogP contribution in [0.2, 0.25) is 0 Å². The molecule has 2 aliphatic heterocycles. The van der Waals surface area contributed by atoms with Gasteiger partial charge in [0.25, 0.3) is 10.0 Å². The first-order chi connectivity index (χ1) is 19.1. The molecular formula is C31H32N2O6S. The molecule has 0 aromatic heterocycles. The van der Waals surface area contributed by atoms with Gasteiger partial charge in [-0.1, -0.05) is 42.0 Å². The normalized spacial score (nSPS) is 21.5. The Kier molecular flexibility index (Phi) is 6.95. The SMILES string of the molecule is C=CC1c2cc(OC)ccc2N(S(=O)(=O)c2ccc(C)cc2)C(C(=O)OCC)C12CN(C(C)=O)c1ccccc12. The maximum Gasteiger partial charge on any atom is 0.331 e. The number of nitrogens with zero attached hydrogens (tertiary/aromatic N) is 2. The lowest BCUT2D eigenvalue weighted by Gasteiger charge is -2.51. The number of ether oxygens (including phenoxy) is 2. The standard InChI is InChI=1S/C31H32N2O6S/c1-6-25-24-18-22(38-5)14-17-27(24)33(40(36,37)23-15-12-20(3)13-16-23)29(30(35)39-7-2)31(25)19-32(21(4)34)28-11-9-8-10-26(28)31/h6,8-18,25,29H,1,7,19H2,2-5H3. The summed E-state index contributed by atoms with van der Waals surface area (Å²) in [5.74, 6) is -0.967. The van der Waals surface area contributed by atoms with E-state index in [1.165, 1.54) is 30.5 Å². The molecule has 0 saturated heterocycles. The number of hydrogen-bond donors (Lipinski definition) is 0. The van der Waals surface area contributed by atoms with E-state index in [0.29, 0.717) is 28.3 Å². The number of amides is 1. The number of allylic oxidation sites excluding steroid dienone is 1. The van der Waals surface area contributed by atoms with Crippen molar-refractivity contribution in [3.8, 4) is 5.75 Å². The first-order valence-corrected chi connectivity index (χ1v) is 14.5. The van der Waals surface area contributed by atoms with Gasteiger partial charge in [-0.05, 0) is 61.4 Å². The highest BCUT2D eigenvalue weighted by Gasteiger charge is 2.63. The molecule has 5 rings (SSSR count). The van der Waals surface area contributed by atoms with Gasteiger partial charge in [0.05, 0.1) is 29.7 Å². The fourth-order valence-corrected chi connectivity index (χ4v) is 7.86. The number of carbonyl (C=O) groups excluding carboxylic acids is 2. The number of anilines is 2. The smallest absolute Gasteiger partial charge is 0.331 e. The highest BCUT2D eigenvalue weighted by molar-refractivity contribution is 7.93. The first kappa shape index (κ1) is 27.5. The summed E-state index contributed by atoms with van der Waals surface area (Å²) in [6, 6.07) is 17.6. The number of sulfonamides is 1. The van der Waals surface area contributed by atoms with Gasteiger partial charge >= 0.3 is 5.97 Å². The summed E-state index contributed by atoms with van der Waals surface area (Å²) in [5.41, 5.74) is 1.89. The lowest BCUT2D eigenvalue weighted by molar-refractivity contribution is -0.146. The third-order valence-electron chi connectivity index (χ3n) is 7.90. The lowest BCUT2D eigenvalue weighted by atomic mass is 9.61. The molecule has 1 amide bonds. The fourth-order valence-electron chi connectivity index (χ4n) is 6.18. The molecule has 40 heavy (non-hydrogen) atoms. The van der Waals surface area contributed by atoms with Crippen LogP contribution >= 0.6 is 0 Å². The number of benzene rings is 3. The highest BCUT2D eigenvalue weighted by Crippen LogP contribution is 2.59. The zero-order chi connectivity index (χ0) is 28.8. The Morgan fingerprint density at radius 2 is 1.77 bits per heavy atom. The van der Waals surface area contributed by atoms with Crippen molar-refractivity contribution in [2.24, 2.45) is 0 Å². The zero-order valence-corrected chi connectivity index (χ0v) is 23.8. The van der Waals surface area contributed by atoms with Crippen molar-refractivity contribution in [3.63, 3.8) is 0 Å². The Balaban J connectivity index is 1.91. The number of fused-ring (bicyclic) bond motifs is 3. The molecule has 3 atom stereocenters. The molecule has 1 spiro atoms. The quantitative estimate of drug-likeness (QED) is 0.320. The molecule has 0 radical (unpaired) electrons. The summed E-state index contributed by atoms with van der Waals surface area (Å²) >= 11 is 0. The predicted octanol–water partition coefficient (Wildman–Crippen LogP) is 4.72. The van der Waals surface area contributed by atoms with Gasteiger partial charge in [0, 0.05) is 25.1 Å². The third-order valence-corrected chi connectivity index (χ3v) is 9.70. The fraction of sp³-hybridized carbons (Fsp3) is 0.290. The Morgan fingerprint density at radius 1 is 1.07 bits per heavy atom. The molecule has 0 fully saturated rings. The van der Waals surface area contributed by atoms with Crippen LogP contribution in [0.15, 0.2) is 84.3 Å². The van der Waals surface area contributed by atoms with Crippen molar-refractivity contribution < 1.29 is 27.5 Å². The summed E-state index contributed by atoms with van der Waals surface area (Å²) in [5, 5.41) is 0. The predicted molar refractivity (Wildman–Crippen MR) is 153 cm³/mol. The van der Waals surface area contributed by atoms with Crippen molar-refractivity contribution in [3.05, 3.63) is 96.1 Å². The van der Waals surface area contributed by atoms with E-state index >= 15 is 0 Å². The van der Waals surface area contributed by atoms with E-state index < -0.39 is 33.4 Å². The number of methoxy groups -OCH3 is 1. The lowest BCUT2D eigenvalue weighted by Crippen LogP contribution is -2.64. The van der Waals surface area contributed by atoms with Gasteiger partial charge in [-0.25, -0.2) is 13.2 Å². The van der Waals surface area contributed by atoms with Gasteiger partial charge in [0.1, 0.15) is 5.75 Å². The van der Waals surface area contributed by atoms with Crippen LogP contribution in [0.1, 0.15) is 36.5 Å². The van der Waals surface area contributed by atoms with E-state index in [-0.39, 0.29) is 24.0 Å². The van der Waals surface area contributed by atoms with Crippen LogP contribution in [-0.2, 0) is 29.8 Å². The molecule has 3 aromatic carbocycles. The van der Waals surface area contributed by atoms with Gasteiger partial charge in [0.15, 0.2) is 6.04 Å². The minimum absolute atomic E-state index is 0.0380. The van der Waals surface area contributed by atoms with Gasteiger partial charge in [-0.15, -0.1) is 6.58 Å². The average molecular weight is 561 g/mol. The summed E-state index contributed by atoms with van der Waals surface area (Å²) in [7, 11) is -2.77. The maximum absolute atomic E-state index is 14.6. The summed E-state index contributed by atoms with van der Waals surface area (Å²) in [6.07, 6.45) is 1.72. The van der Waals surface area contributed by atoms with Crippen molar-refractivity contribution in [1.82, 2.24) is 0 Å². The van der Waals surface area contributed by atoms with Crippen LogP contribution in [0.5, 0.6) is 5.75 Å². The number of rotatable bonds is 6. The van der Waals surface area contributed by atoms with Crippen molar-refractivity contribution >= 4 is 33.3 Å². The van der Waals surface area contributed by atoms with Crippen LogP contribution in [0.3, 0.4) is 0 Å². The minimum atomic E-state index is -4.31. The van der Waals surface area contributed by atoms with Crippen LogP contribution in [-0.4, -0.2) is 46.6 Å². The van der Waals surface area contributed by atoms with Gasteiger partial charge in [0.2, 0.25) is 5.91 Å². The van der Waals surface area contributed by atoms with Gasteiger partial charge in [-0.2, -0.15) is 0 Å².